The number of benzene rings is 1. The van der Waals surface area contributed by atoms with Crippen molar-refractivity contribution in [2.75, 3.05) is 31.1 Å². The largest absolute Gasteiger partial charge is 0.412 e. The van der Waals surface area contributed by atoms with Gasteiger partial charge in [-0.05, 0) is 17.2 Å². The number of halogens is 2. The zero-order valence-electron chi connectivity index (χ0n) is 15.3. The van der Waals surface area contributed by atoms with E-state index in [0.29, 0.717) is 6.54 Å². The molecule has 3 N–H and O–H groups in total. The molecule has 0 bridgehead atoms. The molecule has 2 heterocycles. The van der Waals surface area contributed by atoms with E-state index in [1.807, 2.05) is 6.07 Å². The third kappa shape index (κ3) is 7.68. The summed E-state index contributed by atoms with van der Waals surface area (Å²) in [7, 11) is 0. The molecule has 1 amide bonds. The smallest absolute Gasteiger partial charge is 0.225 e. The normalized spacial score (nSPS) is 13.6. The number of carbonyl (C=O) groups excluding carboxylic acids is 1. The van der Waals surface area contributed by atoms with Crippen LogP contribution in [0, 0.1) is 0 Å². The molecule has 0 atom stereocenters. The van der Waals surface area contributed by atoms with E-state index >= 15 is 0 Å². The fourth-order valence-corrected chi connectivity index (χ4v) is 2.81. The van der Waals surface area contributed by atoms with Crippen LogP contribution >= 0.6 is 24.8 Å². The van der Waals surface area contributed by atoms with E-state index in [0.717, 1.165) is 44.2 Å². The summed E-state index contributed by atoms with van der Waals surface area (Å²) in [6.07, 6.45) is 3.58. The number of aromatic nitrogens is 2. The molecule has 0 aliphatic carbocycles. The van der Waals surface area contributed by atoms with Gasteiger partial charge >= 0.3 is 0 Å². The molecule has 9 heteroatoms. The highest BCUT2D eigenvalue weighted by molar-refractivity contribution is 5.85. The molecule has 7 nitrogen and oxygen atoms in total. The minimum atomic E-state index is -0.000608. The molecule has 1 aromatic heterocycles. The van der Waals surface area contributed by atoms with Gasteiger partial charge in [0.15, 0.2) is 0 Å². The molecule has 1 fully saturated rings. The molecule has 27 heavy (non-hydrogen) atoms. The van der Waals surface area contributed by atoms with E-state index in [1.165, 1.54) is 12.5 Å². The Morgan fingerprint density at radius 1 is 1.00 bits per heavy atom. The Bertz CT molecular complexity index is 665. The second-order valence-corrected chi connectivity index (χ2v) is 6.04. The van der Waals surface area contributed by atoms with Crippen molar-refractivity contribution in [3.8, 4) is 0 Å². The Labute approximate surface area is 172 Å². The van der Waals surface area contributed by atoms with Gasteiger partial charge in [-0.25, -0.2) is 9.97 Å². The van der Waals surface area contributed by atoms with Gasteiger partial charge in [-0.2, -0.15) is 0 Å². The Kier molecular flexibility index (Phi) is 11.6. The van der Waals surface area contributed by atoms with Gasteiger partial charge in [-0.3, -0.25) is 9.69 Å². The monoisotopic (exact) mass is 415 g/mol. The number of rotatable bonds is 5. The van der Waals surface area contributed by atoms with Crippen molar-refractivity contribution >= 4 is 36.7 Å². The first-order chi connectivity index (χ1) is 11.7. The van der Waals surface area contributed by atoms with E-state index in [2.05, 4.69) is 49.4 Å². The third-order valence-electron chi connectivity index (χ3n) is 4.18. The van der Waals surface area contributed by atoms with Gasteiger partial charge in [0.1, 0.15) is 0 Å². The van der Waals surface area contributed by atoms with Crippen LogP contribution in [0.4, 0.5) is 5.95 Å². The standard InChI is InChI=1S/C18H23N5O.2ClH.H2O/c1-15(24)21-13-16-3-5-17(6-4-16)14-22-9-11-23(12-10-22)18-19-7-2-8-20-18;;;/h2-8H,9-14H2,1H3,(H,21,24);2*1H;1H2. The fourth-order valence-electron chi connectivity index (χ4n) is 2.81. The van der Waals surface area contributed by atoms with Crippen LogP contribution in [-0.4, -0.2) is 52.4 Å². The number of hydrogen-bond donors (Lipinski definition) is 1. The topological polar surface area (TPSA) is 92.9 Å². The van der Waals surface area contributed by atoms with Crippen molar-refractivity contribution in [2.24, 2.45) is 0 Å². The highest BCUT2D eigenvalue weighted by Gasteiger charge is 2.18. The molecule has 0 unspecified atom stereocenters. The summed E-state index contributed by atoms with van der Waals surface area (Å²) in [6, 6.07) is 10.3. The van der Waals surface area contributed by atoms with Crippen LogP contribution in [0.25, 0.3) is 0 Å². The van der Waals surface area contributed by atoms with E-state index in [9.17, 15) is 4.79 Å². The summed E-state index contributed by atoms with van der Waals surface area (Å²) < 4.78 is 0. The van der Waals surface area contributed by atoms with Crippen LogP contribution in [-0.2, 0) is 17.9 Å². The van der Waals surface area contributed by atoms with Crippen LogP contribution in [0.1, 0.15) is 18.1 Å². The van der Waals surface area contributed by atoms with E-state index < -0.39 is 0 Å². The van der Waals surface area contributed by atoms with Crippen LogP contribution < -0.4 is 10.2 Å². The van der Waals surface area contributed by atoms with E-state index in [-0.39, 0.29) is 36.2 Å². The summed E-state index contributed by atoms with van der Waals surface area (Å²) in [5.41, 5.74) is 2.42. The molecule has 1 aromatic carbocycles. The maximum atomic E-state index is 10.9. The number of amides is 1. The summed E-state index contributed by atoms with van der Waals surface area (Å²) in [6.45, 7) is 6.98. The Morgan fingerprint density at radius 3 is 2.11 bits per heavy atom. The van der Waals surface area contributed by atoms with Gasteiger partial charge < -0.3 is 15.7 Å². The number of carbonyl (C=O) groups is 1. The fraction of sp³-hybridized carbons (Fsp3) is 0.389. The van der Waals surface area contributed by atoms with Gasteiger partial charge in [0.05, 0.1) is 0 Å². The highest BCUT2D eigenvalue weighted by Crippen LogP contribution is 2.13. The maximum absolute atomic E-state index is 10.9. The molecule has 1 aliphatic rings. The van der Waals surface area contributed by atoms with Gasteiger partial charge in [0.25, 0.3) is 0 Å². The summed E-state index contributed by atoms with van der Waals surface area (Å²) in [5.74, 6) is 0.818. The quantitative estimate of drug-likeness (QED) is 0.797. The van der Waals surface area contributed by atoms with Crippen LogP contribution in [0.2, 0.25) is 0 Å². The first-order valence-corrected chi connectivity index (χ1v) is 8.27. The van der Waals surface area contributed by atoms with Crippen molar-refractivity contribution in [2.45, 2.75) is 20.0 Å². The van der Waals surface area contributed by atoms with Gasteiger partial charge in [-0.1, -0.05) is 24.3 Å². The summed E-state index contributed by atoms with van der Waals surface area (Å²) >= 11 is 0. The van der Waals surface area contributed by atoms with Crippen molar-refractivity contribution in [3.63, 3.8) is 0 Å². The van der Waals surface area contributed by atoms with E-state index in [1.54, 1.807) is 12.4 Å². The number of nitrogens with zero attached hydrogens (tertiary/aromatic N) is 4. The number of piperazine rings is 1. The lowest BCUT2D eigenvalue weighted by Crippen LogP contribution is -2.46. The van der Waals surface area contributed by atoms with Gasteiger partial charge in [0.2, 0.25) is 11.9 Å². The third-order valence-corrected chi connectivity index (χ3v) is 4.18. The number of anilines is 1. The Morgan fingerprint density at radius 2 is 1.56 bits per heavy atom. The first kappa shape index (κ1) is 25.1. The molecular weight excluding hydrogens is 389 g/mol. The number of hydrogen-bond acceptors (Lipinski definition) is 5. The first-order valence-electron chi connectivity index (χ1n) is 8.27. The molecular formula is C18H27Cl2N5O2. The Hall–Kier alpha value is -1.93. The summed E-state index contributed by atoms with van der Waals surface area (Å²) in [4.78, 5) is 24.3. The predicted molar refractivity (Wildman–Crippen MR) is 112 cm³/mol. The second-order valence-electron chi connectivity index (χ2n) is 6.04. The molecule has 1 saturated heterocycles. The van der Waals surface area contributed by atoms with Crippen LogP contribution in [0.5, 0.6) is 0 Å². The van der Waals surface area contributed by atoms with Crippen LogP contribution in [0.15, 0.2) is 42.7 Å². The van der Waals surface area contributed by atoms with Gasteiger partial charge in [-0.15, -0.1) is 24.8 Å². The summed E-state index contributed by atoms with van der Waals surface area (Å²) in [5, 5.41) is 2.82. The number of nitrogens with one attached hydrogen (secondary N) is 1. The van der Waals surface area contributed by atoms with Crippen molar-refractivity contribution < 1.29 is 10.3 Å². The zero-order chi connectivity index (χ0) is 16.8. The molecule has 2 aromatic rings. The lowest BCUT2D eigenvalue weighted by molar-refractivity contribution is -0.119. The molecule has 150 valence electrons. The Balaban J connectivity index is 0.00000225. The highest BCUT2D eigenvalue weighted by atomic mass is 35.5. The molecule has 1 aliphatic heterocycles. The average Bonchev–Trinajstić information content (AvgIpc) is 2.62. The lowest BCUT2D eigenvalue weighted by atomic mass is 10.1. The molecule has 0 saturated carbocycles. The maximum Gasteiger partial charge on any atom is 0.225 e. The van der Waals surface area contributed by atoms with Crippen molar-refractivity contribution in [3.05, 3.63) is 53.9 Å². The van der Waals surface area contributed by atoms with Gasteiger partial charge in [0, 0.05) is 58.6 Å². The zero-order valence-corrected chi connectivity index (χ0v) is 16.9. The second kappa shape index (κ2) is 12.5. The average molecular weight is 416 g/mol. The predicted octanol–water partition coefficient (Wildman–Crippen LogP) is 1.45. The van der Waals surface area contributed by atoms with E-state index in [4.69, 9.17) is 0 Å². The minimum Gasteiger partial charge on any atom is -0.412 e. The SMILES string of the molecule is CC(=O)NCc1ccc(CN2CCN(c3ncccn3)CC2)cc1.Cl.Cl.O. The molecule has 0 spiro atoms. The van der Waals surface area contributed by atoms with Crippen molar-refractivity contribution in [1.82, 2.24) is 20.2 Å². The molecule has 0 radical (unpaired) electrons. The van der Waals surface area contributed by atoms with Crippen molar-refractivity contribution in [1.29, 1.82) is 0 Å². The lowest BCUT2D eigenvalue weighted by Gasteiger charge is -2.34. The molecule has 3 rings (SSSR count). The minimum absolute atomic E-state index is 0. The van der Waals surface area contributed by atoms with Crippen LogP contribution in [0.3, 0.4) is 0 Å².